The van der Waals surface area contributed by atoms with Crippen LogP contribution in [0.3, 0.4) is 0 Å². The molecule has 2 aromatic rings. The van der Waals surface area contributed by atoms with Crippen LogP contribution < -0.4 is 29.6 Å². The largest absolute Gasteiger partial charge is 0.486 e. The lowest BCUT2D eigenvalue weighted by Gasteiger charge is -2.36. The Kier molecular flexibility index (Phi) is 12.0. The number of nitrogens with zero attached hydrogens (tertiary/aromatic N) is 2. The number of pyridine rings is 1. The Morgan fingerprint density at radius 1 is 1.03 bits per heavy atom. The molecule has 5 aliphatic rings. The number of alkyl carbamates (subject to hydrolysis) is 1. The van der Waals surface area contributed by atoms with Crippen molar-refractivity contribution in [3.8, 4) is 17.4 Å². The molecule has 1 saturated heterocycles. The van der Waals surface area contributed by atoms with Gasteiger partial charge in [-0.3, -0.25) is 19.1 Å². The van der Waals surface area contributed by atoms with Gasteiger partial charge in [0.15, 0.2) is 11.5 Å². The number of benzene rings is 1. The minimum atomic E-state index is -4.90. The number of ether oxygens (including phenoxy) is 4. The van der Waals surface area contributed by atoms with Crippen LogP contribution in [0.4, 0.5) is 18.0 Å². The summed E-state index contributed by atoms with van der Waals surface area (Å²) in [6, 6.07) is 2.44. The lowest BCUT2D eigenvalue weighted by Crippen LogP contribution is -2.59. The highest BCUT2D eigenvalue weighted by Gasteiger charge is 2.62. The second-order valence-corrected chi connectivity index (χ2v) is 18.7. The molecule has 7 rings (SSSR count). The molecule has 3 aliphatic heterocycles. The smallest absolute Gasteiger partial charge is 0.428 e. The molecule has 15 nitrogen and oxygen atoms in total. The number of alkyl halides is 3. The van der Waals surface area contributed by atoms with E-state index in [-0.39, 0.29) is 31.2 Å². The highest BCUT2D eigenvalue weighted by molar-refractivity contribution is 7.91. The molecule has 0 bridgehead atoms. The number of hydrogen-bond donors (Lipinski definition) is 3. The van der Waals surface area contributed by atoms with Gasteiger partial charge in [0, 0.05) is 29.3 Å². The number of aromatic nitrogens is 1. The number of carbonyl (C=O) groups excluding carboxylic acids is 4. The molecule has 4 heterocycles. The standard InChI is InChI=1S/C41H52F3N5O10S/c1-5-39(6-2,41(42,43)44)59-38(53)46-32-24(4)19-23(3)9-7-8-10-25-21-40(25,37(52)48-60(54,55)27-11-12-27)47-34(50)30-20-26(22-49(30)36(32)51)58-35-29-13-14-31-33(57-18-17-56-31)28(29)15-16-45-35/h8,10,13-16,23-27,30,32H,5-7,9,11-12,17-22H2,1-4H3,(H,46,53)(H,47,50)(H,48,52)/b10-8-/t23-,24+,25+,26+,30-,32-,40+/m0/s1. The van der Waals surface area contributed by atoms with Crippen molar-refractivity contribution in [1.82, 2.24) is 25.2 Å². The number of sulfonamides is 1. The first-order valence-corrected chi connectivity index (χ1v) is 22.2. The van der Waals surface area contributed by atoms with Crippen molar-refractivity contribution in [2.45, 2.75) is 126 Å². The Morgan fingerprint density at radius 3 is 2.47 bits per heavy atom. The van der Waals surface area contributed by atoms with E-state index >= 15 is 0 Å². The minimum Gasteiger partial charge on any atom is -0.486 e. The van der Waals surface area contributed by atoms with Crippen molar-refractivity contribution in [1.29, 1.82) is 0 Å². The van der Waals surface area contributed by atoms with Crippen molar-refractivity contribution in [2.75, 3.05) is 19.8 Å². The second-order valence-electron chi connectivity index (χ2n) is 16.8. The molecule has 0 unspecified atom stereocenters. The van der Waals surface area contributed by atoms with Crippen LogP contribution in [0.1, 0.15) is 85.5 Å². The van der Waals surface area contributed by atoms with Crippen LogP contribution in [0.15, 0.2) is 36.5 Å². The first kappa shape index (κ1) is 43.3. The van der Waals surface area contributed by atoms with Gasteiger partial charge >= 0.3 is 12.3 Å². The van der Waals surface area contributed by atoms with Crippen LogP contribution >= 0.6 is 0 Å². The number of amides is 4. The number of halogens is 3. The molecule has 2 saturated carbocycles. The maximum atomic E-state index is 14.9. The van der Waals surface area contributed by atoms with E-state index in [9.17, 15) is 40.8 Å². The van der Waals surface area contributed by atoms with Crippen LogP contribution in [-0.4, -0.2) is 103 Å². The summed E-state index contributed by atoms with van der Waals surface area (Å²) in [5, 5.41) is 5.76. The zero-order valence-electron chi connectivity index (χ0n) is 34.0. The number of nitrogens with one attached hydrogen (secondary N) is 3. The highest BCUT2D eigenvalue weighted by Crippen LogP contribution is 2.47. The van der Waals surface area contributed by atoms with E-state index in [0.29, 0.717) is 67.6 Å². The zero-order valence-corrected chi connectivity index (χ0v) is 34.8. The van der Waals surface area contributed by atoms with Crippen molar-refractivity contribution in [3.05, 3.63) is 36.5 Å². The Morgan fingerprint density at radius 2 is 1.77 bits per heavy atom. The predicted molar refractivity (Wildman–Crippen MR) is 210 cm³/mol. The number of carbonyl (C=O) groups is 4. The summed E-state index contributed by atoms with van der Waals surface area (Å²) in [7, 11) is -3.99. The third kappa shape index (κ3) is 8.55. The summed E-state index contributed by atoms with van der Waals surface area (Å²) in [5.41, 5.74) is -4.44. The first-order chi connectivity index (χ1) is 28.4. The molecule has 4 amide bonds. The van der Waals surface area contributed by atoms with Gasteiger partial charge in [-0.05, 0) is 81.4 Å². The fourth-order valence-corrected chi connectivity index (χ4v) is 10.0. The SMILES string of the molecule is CCC(CC)(OC(=O)N[C@@H]1C(=O)N2C[C@H](Oc3nccc4c5c(ccc34)OCCO5)C[C@H]2C(=O)N[C@]2(C(=O)NS(=O)(=O)C3CC3)C[C@H]2/C=C\CC[C@H](C)C[C@H]1C)C(F)(F)F. The fraction of sp³-hybridized carbons (Fsp3) is 0.634. The fourth-order valence-electron chi connectivity index (χ4n) is 8.67. The van der Waals surface area contributed by atoms with Gasteiger partial charge in [0.2, 0.25) is 33.3 Å². The van der Waals surface area contributed by atoms with Crippen molar-refractivity contribution < 1.29 is 59.7 Å². The summed E-state index contributed by atoms with van der Waals surface area (Å²) in [6.07, 6.45) is -0.837. The normalized spacial score (nSPS) is 29.2. The molecule has 1 aromatic carbocycles. The molecular weight excluding hydrogens is 812 g/mol. The van der Waals surface area contributed by atoms with Crippen molar-refractivity contribution in [2.24, 2.45) is 17.8 Å². The number of hydrogen-bond acceptors (Lipinski definition) is 11. The summed E-state index contributed by atoms with van der Waals surface area (Å²) >= 11 is 0. The van der Waals surface area contributed by atoms with E-state index in [4.69, 9.17) is 18.9 Å². The molecule has 60 heavy (non-hydrogen) atoms. The van der Waals surface area contributed by atoms with Gasteiger partial charge in [0.25, 0.3) is 5.91 Å². The quantitative estimate of drug-likeness (QED) is 0.286. The van der Waals surface area contributed by atoms with Gasteiger partial charge in [-0.25, -0.2) is 18.2 Å². The van der Waals surface area contributed by atoms with Gasteiger partial charge in [-0.15, -0.1) is 0 Å². The molecule has 1 aromatic heterocycles. The summed E-state index contributed by atoms with van der Waals surface area (Å²) in [6.45, 7) is 6.65. The van der Waals surface area contributed by atoms with Crippen LogP contribution in [0.2, 0.25) is 0 Å². The Labute approximate surface area is 346 Å². The van der Waals surface area contributed by atoms with Crippen LogP contribution in [-0.2, 0) is 29.1 Å². The van der Waals surface area contributed by atoms with E-state index in [2.05, 4.69) is 20.3 Å². The maximum absolute atomic E-state index is 14.9. The Hall–Kier alpha value is -4.81. The van der Waals surface area contributed by atoms with E-state index < -0.39 is 99.3 Å². The van der Waals surface area contributed by atoms with E-state index in [1.54, 1.807) is 31.2 Å². The molecule has 3 N–H and O–H groups in total. The summed E-state index contributed by atoms with van der Waals surface area (Å²) in [5.74, 6) is -2.45. The lowest BCUT2D eigenvalue weighted by atomic mass is 9.88. The molecule has 0 spiro atoms. The molecular formula is C41H52F3N5O10S. The van der Waals surface area contributed by atoms with E-state index in [0.717, 1.165) is 0 Å². The lowest BCUT2D eigenvalue weighted by molar-refractivity contribution is -0.260. The topological polar surface area (TPSA) is 192 Å². The Bertz CT molecular complexity index is 2150. The molecule has 0 radical (unpaired) electrons. The number of fused-ring (bicyclic) bond motifs is 5. The third-order valence-electron chi connectivity index (χ3n) is 12.5. The average molecular weight is 864 g/mol. The molecule has 2 aliphatic carbocycles. The zero-order chi connectivity index (χ0) is 43.2. The first-order valence-electron chi connectivity index (χ1n) is 20.7. The van der Waals surface area contributed by atoms with Crippen molar-refractivity contribution in [3.63, 3.8) is 0 Å². The van der Waals surface area contributed by atoms with Crippen LogP contribution in [0.5, 0.6) is 17.4 Å². The van der Waals surface area contributed by atoms with Gasteiger partial charge in [0.1, 0.15) is 36.9 Å². The van der Waals surface area contributed by atoms with Crippen LogP contribution in [0, 0.1) is 17.8 Å². The highest BCUT2D eigenvalue weighted by atomic mass is 32.2. The average Bonchev–Trinajstić information content (AvgIpc) is 4.13. The molecule has 328 valence electrons. The van der Waals surface area contributed by atoms with E-state index in [1.165, 1.54) is 24.9 Å². The second kappa shape index (κ2) is 16.6. The van der Waals surface area contributed by atoms with E-state index in [1.807, 2.05) is 13.0 Å². The Balaban J connectivity index is 1.23. The summed E-state index contributed by atoms with van der Waals surface area (Å²) < 4.78 is 94.0. The number of rotatable bonds is 9. The predicted octanol–water partition coefficient (Wildman–Crippen LogP) is 5.07. The number of allylic oxidation sites excluding steroid dienone is 1. The van der Waals surface area contributed by atoms with Gasteiger partial charge < -0.3 is 34.5 Å². The monoisotopic (exact) mass is 863 g/mol. The molecule has 19 heteroatoms. The van der Waals surface area contributed by atoms with Gasteiger partial charge in [-0.1, -0.05) is 39.8 Å². The molecule has 3 fully saturated rings. The molecule has 7 atom stereocenters. The third-order valence-corrected chi connectivity index (χ3v) is 14.3. The van der Waals surface area contributed by atoms with Crippen LogP contribution in [0.25, 0.3) is 10.8 Å². The van der Waals surface area contributed by atoms with Gasteiger partial charge in [0.05, 0.1) is 11.8 Å². The van der Waals surface area contributed by atoms with Crippen molar-refractivity contribution >= 4 is 44.6 Å². The minimum absolute atomic E-state index is 0.0397. The van der Waals surface area contributed by atoms with Gasteiger partial charge in [-0.2, -0.15) is 13.2 Å². The maximum Gasteiger partial charge on any atom is 0.428 e. The summed E-state index contributed by atoms with van der Waals surface area (Å²) in [4.78, 5) is 62.4.